The van der Waals surface area contributed by atoms with Crippen LogP contribution >= 0.6 is 0 Å². The van der Waals surface area contributed by atoms with Crippen LogP contribution in [0.1, 0.15) is 36.5 Å². The number of sulfonamides is 1. The highest BCUT2D eigenvalue weighted by Crippen LogP contribution is 2.24. The number of benzene rings is 2. The van der Waals surface area contributed by atoms with Gasteiger partial charge in [0.05, 0.1) is 4.90 Å². The summed E-state index contributed by atoms with van der Waals surface area (Å²) in [6.45, 7) is 6.55. The number of amides is 1. The lowest BCUT2D eigenvalue weighted by atomic mass is 10.1. The molecule has 7 heteroatoms. The molecule has 0 saturated carbocycles. The summed E-state index contributed by atoms with van der Waals surface area (Å²) in [6, 6.07) is 13.0. The van der Waals surface area contributed by atoms with E-state index < -0.39 is 10.0 Å². The topological polar surface area (TPSA) is 75.7 Å². The van der Waals surface area contributed by atoms with Crippen molar-refractivity contribution in [3.05, 3.63) is 59.2 Å². The van der Waals surface area contributed by atoms with Crippen LogP contribution in [0.25, 0.3) is 0 Å². The molecular weight excluding hydrogens is 400 g/mol. The molecule has 0 radical (unpaired) electrons. The van der Waals surface area contributed by atoms with Crippen molar-refractivity contribution in [2.24, 2.45) is 0 Å². The van der Waals surface area contributed by atoms with Crippen LogP contribution in [0.15, 0.2) is 47.4 Å². The summed E-state index contributed by atoms with van der Waals surface area (Å²) in [7, 11) is -3.52. The van der Waals surface area contributed by atoms with Crippen LogP contribution in [0.2, 0.25) is 0 Å². The molecule has 1 heterocycles. The molecule has 0 unspecified atom stereocenters. The highest BCUT2D eigenvalue weighted by Gasteiger charge is 2.30. The molecule has 162 valence electrons. The third-order valence-electron chi connectivity index (χ3n) is 5.48. The second-order valence-electron chi connectivity index (χ2n) is 7.76. The molecule has 0 atom stereocenters. The number of ether oxygens (including phenoxy) is 1. The molecule has 0 spiro atoms. The SMILES string of the molecule is CCc1ccccc1OCC(=O)NC1CCN(S(=O)(=O)c2ccc(C)cc2C)CC1. The van der Waals surface area contributed by atoms with Gasteiger partial charge in [0.2, 0.25) is 10.0 Å². The average molecular weight is 431 g/mol. The van der Waals surface area contributed by atoms with Gasteiger partial charge in [-0.1, -0.05) is 42.8 Å². The van der Waals surface area contributed by atoms with E-state index in [0.717, 1.165) is 28.9 Å². The molecule has 2 aromatic rings. The predicted molar refractivity (Wildman–Crippen MR) is 117 cm³/mol. The normalized spacial score (nSPS) is 15.7. The lowest BCUT2D eigenvalue weighted by Crippen LogP contribution is -2.47. The van der Waals surface area contributed by atoms with Crippen LogP contribution in [-0.4, -0.2) is 44.4 Å². The van der Waals surface area contributed by atoms with Gasteiger partial charge in [-0.15, -0.1) is 0 Å². The van der Waals surface area contributed by atoms with E-state index in [2.05, 4.69) is 5.32 Å². The molecule has 3 rings (SSSR count). The van der Waals surface area contributed by atoms with Crippen molar-refractivity contribution in [1.82, 2.24) is 9.62 Å². The van der Waals surface area contributed by atoms with E-state index in [1.165, 1.54) is 4.31 Å². The van der Waals surface area contributed by atoms with Gasteiger partial charge in [-0.2, -0.15) is 4.31 Å². The zero-order valence-corrected chi connectivity index (χ0v) is 18.7. The molecule has 1 N–H and O–H groups in total. The van der Waals surface area contributed by atoms with E-state index in [9.17, 15) is 13.2 Å². The van der Waals surface area contributed by atoms with Crippen LogP contribution in [0.4, 0.5) is 0 Å². The van der Waals surface area contributed by atoms with E-state index in [1.807, 2.05) is 57.2 Å². The summed E-state index contributed by atoms with van der Waals surface area (Å²) in [5, 5.41) is 2.97. The number of piperidine rings is 1. The van der Waals surface area contributed by atoms with E-state index in [0.29, 0.717) is 30.8 Å². The highest BCUT2D eigenvalue weighted by atomic mass is 32.2. The van der Waals surface area contributed by atoms with E-state index in [4.69, 9.17) is 4.74 Å². The van der Waals surface area contributed by atoms with Crippen molar-refractivity contribution in [3.63, 3.8) is 0 Å². The monoisotopic (exact) mass is 430 g/mol. The Morgan fingerprint density at radius 2 is 1.83 bits per heavy atom. The van der Waals surface area contributed by atoms with E-state index in [-0.39, 0.29) is 18.6 Å². The van der Waals surface area contributed by atoms with Gasteiger partial charge < -0.3 is 10.1 Å². The second kappa shape index (κ2) is 9.62. The predicted octanol–water partition coefficient (Wildman–Crippen LogP) is 3.21. The number of hydrogen-bond acceptors (Lipinski definition) is 4. The minimum absolute atomic E-state index is 0.0436. The van der Waals surface area contributed by atoms with Gasteiger partial charge in [0.1, 0.15) is 5.75 Å². The Hall–Kier alpha value is -2.38. The largest absolute Gasteiger partial charge is 0.483 e. The Kier molecular flexibility index (Phi) is 7.15. The Bertz CT molecular complexity index is 996. The minimum atomic E-state index is -3.52. The van der Waals surface area contributed by atoms with Crippen molar-refractivity contribution in [2.45, 2.75) is 51.0 Å². The summed E-state index contributed by atoms with van der Waals surface area (Å²) < 4.78 is 33.2. The van der Waals surface area contributed by atoms with Crippen LogP contribution in [-0.2, 0) is 21.2 Å². The van der Waals surface area contributed by atoms with Crippen molar-refractivity contribution >= 4 is 15.9 Å². The van der Waals surface area contributed by atoms with Crippen LogP contribution in [0, 0.1) is 13.8 Å². The lowest BCUT2D eigenvalue weighted by Gasteiger charge is -2.32. The van der Waals surface area contributed by atoms with Gasteiger partial charge in [0.25, 0.3) is 5.91 Å². The van der Waals surface area contributed by atoms with Gasteiger partial charge in [0, 0.05) is 19.1 Å². The fourth-order valence-corrected chi connectivity index (χ4v) is 5.49. The van der Waals surface area contributed by atoms with E-state index >= 15 is 0 Å². The number of nitrogens with zero attached hydrogens (tertiary/aromatic N) is 1. The molecule has 0 aromatic heterocycles. The molecule has 6 nitrogen and oxygen atoms in total. The number of para-hydroxylation sites is 1. The molecule has 0 bridgehead atoms. The Morgan fingerprint density at radius 1 is 1.13 bits per heavy atom. The zero-order chi connectivity index (χ0) is 21.7. The summed E-state index contributed by atoms with van der Waals surface area (Å²) in [6.07, 6.45) is 2.01. The maximum atomic E-state index is 13.0. The smallest absolute Gasteiger partial charge is 0.258 e. The number of rotatable bonds is 7. The third-order valence-corrected chi connectivity index (χ3v) is 7.54. The number of hydrogen-bond donors (Lipinski definition) is 1. The summed E-state index contributed by atoms with van der Waals surface area (Å²) in [5.41, 5.74) is 2.86. The molecule has 1 saturated heterocycles. The molecule has 2 aromatic carbocycles. The van der Waals surface area contributed by atoms with Crippen LogP contribution in [0.3, 0.4) is 0 Å². The Labute approximate surface area is 179 Å². The quantitative estimate of drug-likeness (QED) is 0.732. The molecule has 1 aliphatic heterocycles. The molecular formula is C23H30N2O4S. The van der Waals surface area contributed by atoms with Crippen molar-refractivity contribution in [1.29, 1.82) is 0 Å². The fraction of sp³-hybridized carbons (Fsp3) is 0.435. The Balaban J connectivity index is 1.52. The van der Waals surface area contributed by atoms with Crippen molar-refractivity contribution in [3.8, 4) is 5.75 Å². The van der Waals surface area contributed by atoms with Gasteiger partial charge in [0.15, 0.2) is 6.61 Å². The first kappa shape index (κ1) is 22.3. The van der Waals surface area contributed by atoms with Gasteiger partial charge in [-0.05, 0) is 56.4 Å². The highest BCUT2D eigenvalue weighted by molar-refractivity contribution is 7.89. The first-order chi connectivity index (χ1) is 14.3. The van der Waals surface area contributed by atoms with Gasteiger partial charge in [-0.3, -0.25) is 4.79 Å². The molecule has 30 heavy (non-hydrogen) atoms. The fourth-order valence-electron chi connectivity index (χ4n) is 3.82. The number of nitrogens with one attached hydrogen (secondary N) is 1. The van der Waals surface area contributed by atoms with E-state index in [1.54, 1.807) is 6.07 Å². The summed E-state index contributed by atoms with van der Waals surface area (Å²) in [4.78, 5) is 12.7. The first-order valence-corrected chi connectivity index (χ1v) is 11.8. The molecule has 1 fully saturated rings. The third kappa shape index (κ3) is 5.21. The standard InChI is InChI=1S/C23H30N2O4S/c1-4-19-7-5-6-8-21(19)29-16-23(26)24-20-11-13-25(14-12-20)30(27,28)22-10-9-17(2)15-18(22)3/h5-10,15,20H,4,11-14,16H2,1-3H3,(H,24,26). The minimum Gasteiger partial charge on any atom is -0.483 e. The number of aryl methyl sites for hydroxylation is 3. The van der Waals surface area contributed by atoms with Crippen LogP contribution in [0.5, 0.6) is 5.75 Å². The Morgan fingerprint density at radius 3 is 2.50 bits per heavy atom. The zero-order valence-electron chi connectivity index (χ0n) is 17.8. The molecule has 0 aliphatic carbocycles. The molecule has 1 aliphatic rings. The maximum Gasteiger partial charge on any atom is 0.258 e. The first-order valence-electron chi connectivity index (χ1n) is 10.4. The average Bonchev–Trinajstić information content (AvgIpc) is 2.72. The summed E-state index contributed by atoms with van der Waals surface area (Å²) in [5.74, 6) is 0.543. The summed E-state index contributed by atoms with van der Waals surface area (Å²) >= 11 is 0. The van der Waals surface area contributed by atoms with Crippen LogP contribution < -0.4 is 10.1 Å². The maximum absolute atomic E-state index is 13.0. The number of carbonyl (C=O) groups excluding carboxylic acids is 1. The number of carbonyl (C=O) groups is 1. The lowest BCUT2D eigenvalue weighted by molar-refractivity contribution is -0.124. The van der Waals surface area contributed by atoms with Gasteiger partial charge in [-0.25, -0.2) is 8.42 Å². The van der Waals surface area contributed by atoms with Crippen molar-refractivity contribution in [2.75, 3.05) is 19.7 Å². The van der Waals surface area contributed by atoms with Gasteiger partial charge >= 0.3 is 0 Å². The molecule has 1 amide bonds. The van der Waals surface area contributed by atoms with Crippen molar-refractivity contribution < 1.29 is 17.9 Å². The second-order valence-corrected chi connectivity index (χ2v) is 9.67.